The van der Waals surface area contributed by atoms with E-state index in [1.165, 1.54) is 12.1 Å². The first-order valence-electron chi connectivity index (χ1n) is 8.88. The Balaban J connectivity index is 1.62. The van der Waals surface area contributed by atoms with Crippen LogP contribution in [0.4, 0.5) is 0 Å². The van der Waals surface area contributed by atoms with Crippen LogP contribution in [0.25, 0.3) is 11.0 Å². The highest BCUT2D eigenvalue weighted by molar-refractivity contribution is 7.89. The van der Waals surface area contributed by atoms with Crippen molar-refractivity contribution >= 4 is 26.8 Å². The van der Waals surface area contributed by atoms with E-state index in [9.17, 15) is 18.0 Å². The molecule has 0 radical (unpaired) electrons. The van der Waals surface area contributed by atoms with Gasteiger partial charge in [0.15, 0.2) is 9.84 Å². The lowest BCUT2D eigenvalue weighted by molar-refractivity contribution is 0.0735. The molecule has 0 unspecified atom stereocenters. The third kappa shape index (κ3) is 3.71. The standard InChI is InChI=1S/C21H18O6S/c1-28(24,25)12-13-4-2-5-14(10-13)20(22)26-15-8-9-17-16-6-3-7-18(16)21(23)27-19(17)11-15/h2,4-5,8-11H,3,6-7,12H2,1H3. The number of esters is 1. The highest BCUT2D eigenvalue weighted by Crippen LogP contribution is 2.29. The molecule has 1 aromatic heterocycles. The highest BCUT2D eigenvalue weighted by atomic mass is 32.2. The summed E-state index contributed by atoms with van der Waals surface area (Å²) < 4.78 is 33.7. The van der Waals surface area contributed by atoms with Crippen molar-refractivity contribution in [3.63, 3.8) is 0 Å². The molecule has 0 aliphatic heterocycles. The van der Waals surface area contributed by atoms with E-state index in [2.05, 4.69) is 0 Å². The second-order valence-electron chi connectivity index (χ2n) is 7.02. The number of ether oxygens (including phenoxy) is 1. The van der Waals surface area contributed by atoms with Crippen LogP contribution in [-0.2, 0) is 28.4 Å². The van der Waals surface area contributed by atoms with Crippen LogP contribution in [0.5, 0.6) is 5.75 Å². The van der Waals surface area contributed by atoms with Gasteiger partial charge in [0.1, 0.15) is 11.3 Å². The predicted molar refractivity (Wildman–Crippen MR) is 104 cm³/mol. The molecule has 1 aliphatic rings. The molecule has 0 N–H and O–H groups in total. The third-order valence-corrected chi connectivity index (χ3v) is 5.60. The molecule has 1 heterocycles. The molecule has 1 aliphatic carbocycles. The normalized spacial score (nSPS) is 13.5. The van der Waals surface area contributed by atoms with Crippen LogP contribution in [0, 0.1) is 0 Å². The highest BCUT2D eigenvalue weighted by Gasteiger charge is 2.20. The Morgan fingerprint density at radius 3 is 2.68 bits per heavy atom. The van der Waals surface area contributed by atoms with E-state index in [0.717, 1.165) is 42.0 Å². The number of hydrogen-bond acceptors (Lipinski definition) is 6. The molecule has 0 amide bonds. The maximum Gasteiger partial charge on any atom is 0.343 e. The topological polar surface area (TPSA) is 90.6 Å². The molecule has 0 saturated heterocycles. The maximum absolute atomic E-state index is 12.5. The van der Waals surface area contributed by atoms with E-state index < -0.39 is 15.8 Å². The summed E-state index contributed by atoms with van der Waals surface area (Å²) in [4.78, 5) is 24.6. The average Bonchev–Trinajstić information content (AvgIpc) is 3.11. The lowest BCUT2D eigenvalue weighted by Gasteiger charge is -2.08. The van der Waals surface area contributed by atoms with Crippen molar-refractivity contribution in [2.75, 3.05) is 6.26 Å². The molecule has 6 nitrogen and oxygen atoms in total. The van der Waals surface area contributed by atoms with Gasteiger partial charge in [-0.05, 0) is 54.7 Å². The van der Waals surface area contributed by atoms with Gasteiger partial charge in [-0.2, -0.15) is 0 Å². The van der Waals surface area contributed by atoms with Crippen LogP contribution < -0.4 is 10.4 Å². The summed E-state index contributed by atoms with van der Waals surface area (Å²) in [6.07, 6.45) is 3.63. The van der Waals surface area contributed by atoms with Gasteiger partial charge in [-0.15, -0.1) is 0 Å². The summed E-state index contributed by atoms with van der Waals surface area (Å²) in [5.41, 5.74) is 2.56. The van der Waals surface area contributed by atoms with E-state index in [0.29, 0.717) is 11.1 Å². The molecule has 0 spiro atoms. The van der Waals surface area contributed by atoms with E-state index in [-0.39, 0.29) is 22.7 Å². The quantitative estimate of drug-likeness (QED) is 0.381. The Morgan fingerprint density at radius 2 is 1.89 bits per heavy atom. The molecule has 0 saturated carbocycles. The number of hydrogen-bond donors (Lipinski definition) is 0. The summed E-state index contributed by atoms with van der Waals surface area (Å²) in [6.45, 7) is 0. The molecule has 7 heteroatoms. The number of rotatable bonds is 4. The Bertz CT molecular complexity index is 1250. The zero-order valence-electron chi connectivity index (χ0n) is 15.2. The van der Waals surface area contributed by atoms with E-state index in [1.807, 2.05) is 0 Å². The minimum atomic E-state index is -3.21. The molecular weight excluding hydrogens is 380 g/mol. The van der Waals surface area contributed by atoms with Gasteiger partial charge in [0.05, 0.1) is 11.3 Å². The summed E-state index contributed by atoms with van der Waals surface area (Å²) >= 11 is 0. The largest absolute Gasteiger partial charge is 0.423 e. The first-order chi connectivity index (χ1) is 13.3. The van der Waals surface area contributed by atoms with Crippen LogP contribution in [0.1, 0.15) is 33.5 Å². The van der Waals surface area contributed by atoms with Gasteiger partial charge < -0.3 is 9.15 Å². The van der Waals surface area contributed by atoms with Gasteiger partial charge in [0.25, 0.3) is 0 Å². The Hall–Kier alpha value is -2.93. The summed E-state index contributed by atoms with van der Waals surface area (Å²) in [5.74, 6) is -0.509. The van der Waals surface area contributed by atoms with E-state index in [4.69, 9.17) is 9.15 Å². The zero-order valence-corrected chi connectivity index (χ0v) is 16.0. The molecule has 0 atom stereocenters. The number of carbonyl (C=O) groups is 1. The number of sulfone groups is 1. The van der Waals surface area contributed by atoms with Gasteiger partial charge >= 0.3 is 11.6 Å². The maximum atomic E-state index is 12.5. The molecule has 0 bridgehead atoms. The average molecular weight is 398 g/mol. The van der Waals surface area contributed by atoms with Crippen molar-refractivity contribution in [3.8, 4) is 5.75 Å². The minimum absolute atomic E-state index is 0.152. The van der Waals surface area contributed by atoms with Gasteiger partial charge in [-0.1, -0.05) is 12.1 Å². The number of carbonyl (C=O) groups excluding carboxylic acids is 1. The molecule has 3 aromatic rings. The van der Waals surface area contributed by atoms with Crippen molar-refractivity contribution in [1.82, 2.24) is 0 Å². The fraction of sp³-hybridized carbons (Fsp3) is 0.238. The Morgan fingerprint density at radius 1 is 1.11 bits per heavy atom. The van der Waals surface area contributed by atoms with Crippen LogP contribution in [0.3, 0.4) is 0 Å². The van der Waals surface area contributed by atoms with Crippen LogP contribution in [0.2, 0.25) is 0 Å². The van der Waals surface area contributed by atoms with E-state index >= 15 is 0 Å². The third-order valence-electron chi connectivity index (χ3n) is 4.75. The van der Waals surface area contributed by atoms with Crippen molar-refractivity contribution < 1.29 is 22.4 Å². The lowest BCUT2D eigenvalue weighted by atomic mass is 10.1. The van der Waals surface area contributed by atoms with E-state index in [1.54, 1.807) is 30.3 Å². The summed E-state index contributed by atoms with van der Waals surface area (Å²) in [7, 11) is -3.21. The second-order valence-corrected chi connectivity index (χ2v) is 9.16. The Kier molecular flexibility index (Phi) is 4.55. The predicted octanol–water partition coefficient (Wildman–Crippen LogP) is 3.05. The molecule has 144 valence electrons. The fourth-order valence-corrected chi connectivity index (χ4v) is 4.37. The number of aryl methyl sites for hydroxylation is 1. The SMILES string of the molecule is CS(=O)(=O)Cc1cccc(C(=O)Oc2ccc3c4c(c(=O)oc3c2)CCC4)c1. The van der Waals surface area contributed by atoms with Gasteiger partial charge in [-0.25, -0.2) is 18.0 Å². The Labute approximate surface area is 161 Å². The van der Waals surface area contributed by atoms with Crippen molar-refractivity contribution in [3.05, 3.63) is 75.1 Å². The molecule has 2 aromatic carbocycles. The minimum Gasteiger partial charge on any atom is -0.423 e. The van der Waals surface area contributed by atoms with Crippen molar-refractivity contribution in [2.45, 2.75) is 25.0 Å². The first kappa shape index (κ1) is 18.4. The smallest absolute Gasteiger partial charge is 0.343 e. The summed E-state index contributed by atoms with van der Waals surface area (Å²) in [5, 5.41) is 0.863. The molecule has 28 heavy (non-hydrogen) atoms. The van der Waals surface area contributed by atoms with Gasteiger partial charge in [0.2, 0.25) is 0 Å². The van der Waals surface area contributed by atoms with Crippen LogP contribution >= 0.6 is 0 Å². The molecular formula is C21H18O6S. The van der Waals surface area contributed by atoms with Crippen LogP contribution in [0.15, 0.2) is 51.7 Å². The second kappa shape index (κ2) is 6.91. The lowest BCUT2D eigenvalue weighted by Crippen LogP contribution is -2.10. The first-order valence-corrected chi connectivity index (χ1v) is 10.9. The summed E-state index contributed by atoms with van der Waals surface area (Å²) in [6, 6.07) is 11.3. The molecule has 4 rings (SSSR count). The number of fused-ring (bicyclic) bond motifs is 3. The zero-order chi connectivity index (χ0) is 19.9. The van der Waals surface area contributed by atoms with Crippen molar-refractivity contribution in [1.29, 1.82) is 0 Å². The number of benzene rings is 2. The van der Waals surface area contributed by atoms with Gasteiger partial charge in [-0.3, -0.25) is 0 Å². The fourth-order valence-electron chi connectivity index (χ4n) is 3.58. The van der Waals surface area contributed by atoms with Crippen LogP contribution in [-0.4, -0.2) is 20.6 Å². The monoisotopic (exact) mass is 398 g/mol. The molecule has 0 fully saturated rings. The van der Waals surface area contributed by atoms with Crippen molar-refractivity contribution in [2.24, 2.45) is 0 Å². The van der Waals surface area contributed by atoms with Gasteiger partial charge in [0, 0.05) is 23.3 Å².